The maximum absolute atomic E-state index is 13.3. The van der Waals surface area contributed by atoms with E-state index in [1.165, 1.54) is 23.4 Å². The van der Waals surface area contributed by atoms with Crippen molar-refractivity contribution in [3.63, 3.8) is 0 Å². The van der Waals surface area contributed by atoms with Gasteiger partial charge in [0, 0.05) is 33.6 Å². The van der Waals surface area contributed by atoms with E-state index in [0.717, 1.165) is 5.56 Å². The Bertz CT molecular complexity index is 1090. The summed E-state index contributed by atoms with van der Waals surface area (Å²) in [7, 11) is 0. The monoisotopic (exact) mass is 426 g/mol. The number of nitrogens with zero attached hydrogens (tertiary/aromatic N) is 2. The smallest absolute Gasteiger partial charge is 0.264 e. The second-order valence-corrected chi connectivity index (χ2v) is 7.75. The van der Waals surface area contributed by atoms with Gasteiger partial charge in [0.15, 0.2) is 11.4 Å². The lowest BCUT2D eigenvalue weighted by atomic mass is 9.88. The average Bonchev–Trinajstić information content (AvgIpc) is 2.92. The zero-order valence-electron chi connectivity index (χ0n) is 15.2. The number of carbonyl (C=O) groups excluding carboxylic acids is 2. The van der Waals surface area contributed by atoms with Crippen LogP contribution in [-0.4, -0.2) is 21.8 Å². The molecule has 29 heavy (non-hydrogen) atoms. The van der Waals surface area contributed by atoms with Crippen molar-refractivity contribution in [1.29, 1.82) is 0 Å². The number of anilines is 1. The third-order valence-corrected chi connectivity index (χ3v) is 5.45. The standard InChI is InChI=1S/C22H16Cl2N2O3/c23-16-3-1-14(2-4-16)13-26-19-6-5-17(24)11-18(19)22(29,21(26)28)12-20(27)15-7-9-25-10-8-15/h1-11,29H,12-13H2/t22-/m0/s1. The van der Waals surface area contributed by atoms with Gasteiger partial charge in [0.25, 0.3) is 5.91 Å². The summed E-state index contributed by atoms with van der Waals surface area (Å²) in [5, 5.41) is 12.3. The van der Waals surface area contributed by atoms with E-state index in [1.807, 2.05) is 12.1 Å². The molecule has 3 aromatic rings. The van der Waals surface area contributed by atoms with Crippen LogP contribution in [0.2, 0.25) is 10.0 Å². The van der Waals surface area contributed by atoms with E-state index in [2.05, 4.69) is 4.98 Å². The number of aromatic nitrogens is 1. The summed E-state index contributed by atoms with van der Waals surface area (Å²) in [6.45, 7) is 0.233. The van der Waals surface area contributed by atoms with E-state index in [9.17, 15) is 14.7 Å². The highest BCUT2D eigenvalue weighted by molar-refractivity contribution is 6.31. The Kier molecular flexibility index (Phi) is 5.13. The molecule has 1 aliphatic rings. The molecule has 0 bridgehead atoms. The van der Waals surface area contributed by atoms with Crippen molar-refractivity contribution in [3.05, 3.63) is 93.7 Å². The minimum absolute atomic E-state index is 0.233. The van der Waals surface area contributed by atoms with Crippen LogP contribution in [0.1, 0.15) is 27.9 Å². The van der Waals surface area contributed by atoms with Crippen LogP contribution in [0.15, 0.2) is 67.0 Å². The minimum atomic E-state index is -1.99. The van der Waals surface area contributed by atoms with E-state index in [1.54, 1.807) is 36.4 Å². The first-order chi connectivity index (χ1) is 13.9. The molecule has 4 rings (SSSR count). The number of rotatable bonds is 5. The molecule has 0 radical (unpaired) electrons. The van der Waals surface area contributed by atoms with Gasteiger partial charge in [-0.15, -0.1) is 0 Å². The summed E-state index contributed by atoms with van der Waals surface area (Å²) in [4.78, 5) is 31.4. The molecule has 1 atom stereocenters. The molecule has 0 saturated carbocycles. The number of Topliss-reactive ketones (excluding diaryl/α,β-unsaturated/α-hetero) is 1. The third kappa shape index (κ3) is 3.65. The number of amides is 1. The van der Waals surface area contributed by atoms with Gasteiger partial charge in [0.05, 0.1) is 18.7 Å². The summed E-state index contributed by atoms with van der Waals surface area (Å²) in [6, 6.07) is 15.1. The molecule has 2 aromatic carbocycles. The second kappa shape index (κ2) is 7.59. The maximum atomic E-state index is 13.3. The highest BCUT2D eigenvalue weighted by Gasteiger charge is 2.51. The zero-order valence-corrected chi connectivity index (χ0v) is 16.7. The normalized spacial score (nSPS) is 18.0. The lowest BCUT2D eigenvalue weighted by Gasteiger charge is -2.23. The largest absolute Gasteiger partial charge is 0.375 e. The highest BCUT2D eigenvalue weighted by atomic mass is 35.5. The molecule has 2 heterocycles. The average molecular weight is 427 g/mol. The third-order valence-electron chi connectivity index (χ3n) is 4.97. The van der Waals surface area contributed by atoms with Gasteiger partial charge in [-0.3, -0.25) is 14.6 Å². The first kappa shape index (κ1) is 19.6. The van der Waals surface area contributed by atoms with Gasteiger partial charge in [-0.1, -0.05) is 35.3 Å². The van der Waals surface area contributed by atoms with Crippen molar-refractivity contribution in [2.24, 2.45) is 0 Å². The molecule has 1 aliphatic heterocycles. The van der Waals surface area contributed by atoms with Crippen LogP contribution in [0.4, 0.5) is 5.69 Å². The first-order valence-electron chi connectivity index (χ1n) is 8.90. The van der Waals surface area contributed by atoms with Gasteiger partial charge in [-0.05, 0) is 48.0 Å². The Morgan fingerprint density at radius 3 is 2.34 bits per heavy atom. The molecular weight excluding hydrogens is 411 g/mol. The van der Waals surface area contributed by atoms with Crippen LogP contribution in [0.25, 0.3) is 0 Å². The van der Waals surface area contributed by atoms with Crippen LogP contribution in [0, 0.1) is 0 Å². The van der Waals surface area contributed by atoms with Crippen molar-refractivity contribution in [2.45, 2.75) is 18.6 Å². The van der Waals surface area contributed by atoms with Gasteiger partial charge in [-0.2, -0.15) is 0 Å². The number of aliphatic hydroxyl groups is 1. The summed E-state index contributed by atoms with van der Waals surface area (Å²) < 4.78 is 0. The molecule has 1 N–H and O–H groups in total. The predicted molar refractivity (Wildman–Crippen MR) is 111 cm³/mol. The molecule has 5 nitrogen and oxygen atoms in total. The lowest BCUT2D eigenvalue weighted by Crippen LogP contribution is -2.41. The Morgan fingerprint density at radius 2 is 1.66 bits per heavy atom. The van der Waals surface area contributed by atoms with Crippen LogP contribution in [0.3, 0.4) is 0 Å². The summed E-state index contributed by atoms with van der Waals surface area (Å²) in [5.74, 6) is -0.922. The second-order valence-electron chi connectivity index (χ2n) is 6.88. The number of hydrogen-bond donors (Lipinski definition) is 1. The van der Waals surface area contributed by atoms with Gasteiger partial charge < -0.3 is 10.0 Å². The quantitative estimate of drug-likeness (QED) is 0.613. The highest BCUT2D eigenvalue weighted by Crippen LogP contribution is 2.44. The molecule has 146 valence electrons. The fraction of sp³-hybridized carbons (Fsp3) is 0.136. The van der Waals surface area contributed by atoms with Gasteiger partial charge in [-0.25, -0.2) is 0 Å². The summed E-state index contributed by atoms with van der Waals surface area (Å²) in [6.07, 6.45) is 2.59. The lowest BCUT2D eigenvalue weighted by molar-refractivity contribution is -0.136. The number of pyridine rings is 1. The summed E-state index contributed by atoms with van der Waals surface area (Å²) >= 11 is 12.1. The number of halogens is 2. The van der Waals surface area contributed by atoms with E-state index < -0.39 is 11.5 Å². The van der Waals surface area contributed by atoms with Crippen LogP contribution >= 0.6 is 23.2 Å². The van der Waals surface area contributed by atoms with E-state index >= 15 is 0 Å². The molecule has 0 saturated heterocycles. The predicted octanol–water partition coefficient (Wildman–Crippen LogP) is 4.40. The molecule has 1 amide bonds. The van der Waals surface area contributed by atoms with Gasteiger partial charge >= 0.3 is 0 Å². The number of fused-ring (bicyclic) bond motifs is 1. The molecule has 0 aliphatic carbocycles. The topological polar surface area (TPSA) is 70.5 Å². The van der Waals surface area contributed by atoms with Crippen molar-refractivity contribution in [3.8, 4) is 0 Å². The van der Waals surface area contributed by atoms with Crippen LogP contribution in [0.5, 0.6) is 0 Å². The Labute approximate surface area is 177 Å². The van der Waals surface area contributed by atoms with Crippen LogP contribution < -0.4 is 4.90 Å². The van der Waals surface area contributed by atoms with E-state index in [0.29, 0.717) is 26.9 Å². The molecule has 1 aromatic heterocycles. The maximum Gasteiger partial charge on any atom is 0.264 e. The number of hydrogen-bond acceptors (Lipinski definition) is 4. The van der Waals surface area contributed by atoms with Gasteiger partial charge in [0.1, 0.15) is 0 Å². The van der Waals surface area contributed by atoms with Crippen molar-refractivity contribution >= 4 is 40.6 Å². The van der Waals surface area contributed by atoms with Crippen molar-refractivity contribution in [1.82, 2.24) is 4.98 Å². The minimum Gasteiger partial charge on any atom is -0.375 e. The van der Waals surface area contributed by atoms with Crippen molar-refractivity contribution in [2.75, 3.05) is 4.90 Å². The van der Waals surface area contributed by atoms with Gasteiger partial charge in [0.2, 0.25) is 0 Å². The Hall–Kier alpha value is -2.73. The fourth-order valence-corrected chi connectivity index (χ4v) is 3.79. The van der Waals surface area contributed by atoms with Crippen molar-refractivity contribution < 1.29 is 14.7 Å². The molecule has 7 heteroatoms. The number of carbonyl (C=O) groups is 2. The molecule has 0 fully saturated rings. The fourth-order valence-electron chi connectivity index (χ4n) is 3.50. The molecular formula is C22H16Cl2N2O3. The Balaban J connectivity index is 1.71. The van der Waals surface area contributed by atoms with E-state index in [4.69, 9.17) is 23.2 Å². The zero-order chi connectivity index (χ0) is 20.6. The molecule has 0 unspecified atom stereocenters. The Morgan fingerprint density at radius 1 is 1.00 bits per heavy atom. The summed E-state index contributed by atoms with van der Waals surface area (Å²) in [5.41, 5.74) is 0.0765. The SMILES string of the molecule is O=C(C[C@@]1(O)C(=O)N(Cc2ccc(Cl)cc2)c2ccc(Cl)cc21)c1ccncc1. The first-order valence-corrected chi connectivity index (χ1v) is 9.66. The van der Waals surface area contributed by atoms with E-state index in [-0.39, 0.29) is 18.7 Å². The molecule has 0 spiro atoms. The van der Waals surface area contributed by atoms with Crippen LogP contribution in [-0.2, 0) is 16.9 Å². The number of benzene rings is 2. The number of ketones is 1.